The van der Waals surface area contributed by atoms with Gasteiger partial charge >= 0.3 is 0 Å². The number of amides is 1. The number of carbonyl (C=O) groups excluding carboxylic acids is 1. The van der Waals surface area contributed by atoms with Crippen LogP contribution < -0.4 is 5.32 Å². The average Bonchev–Trinajstić information content (AvgIpc) is 2.51. The number of benzene rings is 1. The van der Waals surface area contributed by atoms with Crippen LogP contribution in [0.3, 0.4) is 0 Å². The van der Waals surface area contributed by atoms with Gasteiger partial charge in [0.05, 0.1) is 17.2 Å². The Morgan fingerprint density at radius 3 is 2.65 bits per heavy atom. The Hall–Kier alpha value is -1.94. The highest BCUT2D eigenvalue weighted by Crippen LogP contribution is 2.23. The van der Waals surface area contributed by atoms with E-state index in [0.717, 1.165) is 34.1 Å². The quantitative estimate of drug-likeness (QED) is 0.860. The largest absolute Gasteiger partial charge is 0.393 e. The summed E-state index contributed by atoms with van der Waals surface area (Å²) in [5.74, 6) is 0.172. The Kier molecular flexibility index (Phi) is 5.72. The van der Waals surface area contributed by atoms with Crippen LogP contribution in [0.5, 0.6) is 0 Å². The third-order valence-corrected chi connectivity index (χ3v) is 4.15. The van der Waals surface area contributed by atoms with Crippen molar-refractivity contribution in [3.63, 3.8) is 0 Å². The maximum absolute atomic E-state index is 12.7. The lowest BCUT2D eigenvalue weighted by Gasteiger charge is -2.17. The van der Waals surface area contributed by atoms with Crippen LogP contribution in [-0.2, 0) is 6.42 Å². The molecule has 23 heavy (non-hydrogen) atoms. The first-order valence-electron chi connectivity index (χ1n) is 8.28. The van der Waals surface area contributed by atoms with Gasteiger partial charge in [0.25, 0.3) is 5.91 Å². The number of aromatic nitrogens is 1. The molecule has 2 atom stereocenters. The second-order valence-corrected chi connectivity index (χ2v) is 6.33. The molecular formula is C19H26N2O2. The van der Waals surface area contributed by atoms with E-state index in [1.54, 1.807) is 6.92 Å². The molecule has 0 aliphatic heterocycles. The van der Waals surface area contributed by atoms with E-state index in [4.69, 9.17) is 0 Å². The standard InChI is InChI=1S/C19H26N2O2/c1-5-16-14(4)18(15-8-6-7-9-17(15)21-16)19(23)20-11-12(2)10-13(3)22/h6-9,12-13,22H,5,10-11H2,1-4H3,(H,20,23)/t12-,13-/m0/s1. The molecule has 1 aromatic heterocycles. The molecule has 0 bridgehead atoms. The monoisotopic (exact) mass is 314 g/mol. The Morgan fingerprint density at radius 2 is 2.00 bits per heavy atom. The van der Waals surface area contributed by atoms with Gasteiger partial charge < -0.3 is 10.4 Å². The van der Waals surface area contributed by atoms with Crippen molar-refractivity contribution in [2.45, 2.75) is 46.6 Å². The van der Waals surface area contributed by atoms with Crippen LogP contribution in [0.25, 0.3) is 10.9 Å². The Balaban J connectivity index is 2.30. The van der Waals surface area contributed by atoms with E-state index in [-0.39, 0.29) is 17.9 Å². The molecule has 0 aliphatic carbocycles. The van der Waals surface area contributed by atoms with Gasteiger partial charge in [0.15, 0.2) is 0 Å². The minimum absolute atomic E-state index is 0.0618. The lowest BCUT2D eigenvalue weighted by atomic mass is 9.99. The number of carbonyl (C=O) groups is 1. The number of aliphatic hydroxyl groups excluding tert-OH is 1. The molecule has 0 saturated heterocycles. The zero-order chi connectivity index (χ0) is 17.0. The number of hydrogen-bond acceptors (Lipinski definition) is 3. The number of nitrogens with zero attached hydrogens (tertiary/aromatic N) is 1. The van der Waals surface area contributed by atoms with Crippen molar-refractivity contribution in [1.82, 2.24) is 10.3 Å². The fraction of sp³-hybridized carbons (Fsp3) is 0.474. The fourth-order valence-electron chi connectivity index (χ4n) is 3.02. The van der Waals surface area contributed by atoms with Crippen LogP contribution >= 0.6 is 0 Å². The number of aliphatic hydroxyl groups is 1. The van der Waals surface area contributed by atoms with Crippen LogP contribution in [0.4, 0.5) is 0 Å². The summed E-state index contributed by atoms with van der Waals surface area (Å²) >= 11 is 0. The minimum atomic E-state index is -0.350. The fourth-order valence-corrected chi connectivity index (χ4v) is 3.02. The molecule has 0 spiro atoms. The molecular weight excluding hydrogens is 288 g/mol. The lowest BCUT2D eigenvalue weighted by molar-refractivity contribution is 0.0940. The molecule has 1 amide bonds. The van der Waals surface area contributed by atoms with Crippen LogP contribution in [-0.4, -0.2) is 28.6 Å². The third kappa shape index (κ3) is 4.08. The zero-order valence-corrected chi connectivity index (χ0v) is 14.4. The number of para-hydroxylation sites is 1. The van der Waals surface area contributed by atoms with Crippen LogP contribution in [0.15, 0.2) is 24.3 Å². The third-order valence-electron chi connectivity index (χ3n) is 4.15. The number of hydrogen-bond donors (Lipinski definition) is 2. The van der Waals surface area contributed by atoms with Crippen molar-refractivity contribution in [1.29, 1.82) is 0 Å². The number of pyridine rings is 1. The van der Waals surface area contributed by atoms with E-state index in [9.17, 15) is 9.90 Å². The molecule has 2 rings (SSSR count). The van der Waals surface area contributed by atoms with Gasteiger partial charge in [0.2, 0.25) is 0 Å². The molecule has 1 aromatic carbocycles. The maximum Gasteiger partial charge on any atom is 0.252 e. The van der Waals surface area contributed by atoms with E-state index in [1.807, 2.05) is 38.1 Å². The van der Waals surface area contributed by atoms with E-state index >= 15 is 0 Å². The SMILES string of the molecule is CCc1nc2ccccc2c(C(=O)NC[C@@H](C)C[C@H](C)O)c1C. The molecule has 124 valence electrons. The molecule has 1 heterocycles. The summed E-state index contributed by atoms with van der Waals surface area (Å²) in [6, 6.07) is 7.77. The van der Waals surface area contributed by atoms with E-state index in [1.165, 1.54) is 0 Å². The number of aryl methyl sites for hydroxylation is 1. The van der Waals surface area contributed by atoms with E-state index in [0.29, 0.717) is 13.0 Å². The van der Waals surface area contributed by atoms with Gasteiger partial charge in [-0.1, -0.05) is 32.0 Å². The van der Waals surface area contributed by atoms with Crippen molar-refractivity contribution in [2.24, 2.45) is 5.92 Å². The molecule has 0 radical (unpaired) electrons. The molecule has 2 aromatic rings. The summed E-state index contributed by atoms with van der Waals surface area (Å²) in [6.07, 6.45) is 1.13. The molecule has 0 aliphatic rings. The summed E-state index contributed by atoms with van der Waals surface area (Å²) in [4.78, 5) is 17.4. The zero-order valence-electron chi connectivity index (χ0n) is 14.4. The number of fused-ring (bicyclic) bond motifs is 1. The number of rotatable bonds is 6. The second kappa shape index (κ2) is 7.55. The van der Waals surface area contributed by atoms with Gasteiger partial charge in [-0.15, -0.1) is 0 Å². The van der Waals surface area contributed by atoms with Gasteiger partial charge in [-0.3, -0.25) is 9.78 Å². The maximum atomic E-state index is 12.7. The van der Waals surface area contributed by atoms with Crippen molar-refractivity contribution < 1.29 is 9.90 Å². The predicted molar refractivity (Wildman–Crippen MR) is 93.7 cm³/mol. The summed E-state index contributed by atoms with van der Waals surface area (Å²) in [7, 11) is 0. The van der Waals surface area contributed by atoms with Crippen molar-refractivity contribution in [2.75, 3.05) is 6.54 Å². The molecule has 4 heteroatoms. The first-order valence-corrected chi connectivity index (χ1v) is 8.28. The van der Waals surface area contributed by atoms with Gasteiger partial charge in [-0.05, 0) is 44.2 Å². The normalized spacial score (nSPS) is 13.8. The first kappa shape index (κ1) is 17.4. The van der Waals surface area contributed by atoms with E-state index < -0.39 is 0 Å². The summed E-state index contributed by atoms with van der Waals surface area (Å²) in [5.41, 5.74) is 3.49. The summed E-state index contributed by atoms with van der Waals surface area (Å²) < 4.78 is 0. The van der Waals surface area contributed by atoms with Crippen LogP contribution in [0.2, 0.25) is 0 Å². The Bertz CT molecular complexity index is 695. The highest BCUT2D eigenvalue weighted by molar-refractivity contribution is 6.07. The van der Waals surface area contributed by atoms with Crippen molar-refractivity contribution >= 4 is 16.8 Å². The topological polar surface area (TPSA) is 62.2 Å². The summed E-state index contributed by atoms with van der Waals surface area (Å²) in [6.45, 7) is 8.37. The van der Waals surface area contributed by atoms with Gasteiger partial charge in [0.1, 0.15) is 0 Å². The average molecular weight is 314 g/mol. The minimum Gasteiger partial charge on any atom is -0.393 e. The molecule has 4 nitrogen and oxygen atoms in total. The highest BCUT2D eigenvalue weighted by atomic mass is 16.3. The molecule has 0 fully saturated rings. The van der Waals surface area contributed by atoms with Crippen molar-refractivity contribution in [3.8, 4) is 0 Å². The molecule has 2 N–H and O–H groups in total. The smallest absolute Gasteiger partial charge is 0.252 e. The summed E-state index contributed by atoms with van der Waals surface area (Å²) in [5, 5.41) is 13.3. The number of nitrogens with one attached hydrogen (secondary N) is 1. The molecule has 0 unspecified atom stereocenters. The van der Waals surface area contributed by atoms with Crippen LogP contribution in [0.1, 0.15) is 48.8 Å². The van der Waals surface area contributed by atoms with Gasteiger partial charge in [-0.25, -0.2) is 0 Å². The van der Waals surface area contributed by atoms with Crippen LogP contribution in [0, 0.1) is 12.8 Å². The molecule has 0 saturated carbocycles. The first-order chi connectivity index (χ1) is 10.9. The van der Waals surface area contributed by atoms with Gasteiger partial charge in [0, 0.05) is 17.6 Å². The predicted octanol–water partition coefficient (Wildman–Crippen LogP) is 3.24. The van der Waals surface area contributed by atoms with Gasteiger partial charge in [-0.2, -0.15) is 0 Å². The Morgan fingerprint density at radius 1 is 1.30 bits per heavy atom. The lowest BCUT2D eigenvalue weighted by Crippen LogP contribution is -2.30. The highest BCUT2D eigenvalue weighted by Gasteiger charge is 2.17. The van der Waals surface area contributed by atoms with Crippen molar-refractivity contribution in [3.05, 3.63) is 41.1 Å². The Labute approximate surface area is 137 Å². The second-order valence-electron chi connectivity index (χ2n) is 6.33. The van der Waals surface area contributed by atoms with E-state index in [2.05, 4.69) is 17.2 Å².